The fourth-order valence-corrected chi connectivity index (χ4v) is 5.08. The molecular formula is C25H38O5. The zero-order valence-electron chi connectivity index (χ0n) is 19.1. The predicted octanol–water partition coefficient (Wildman–Crippen LogP) is 4.59. The van der Waals surface area contributed by atoms with E-state index in [1.165, 1.54) is 5.57 Å². The molecule has 3 rings (SSSR count). The number of hydrogen-bond donors (Lipinski definition) is 1. The van der Waals surface area contributed by atoms with Crippen molar-refractivity contribution in [3.63, 3.8) is 0 Å². The van der Waals surface area contributed by atoms with Gasteiger partial charge in [0, 0.05) is 12.3 Å². The molecule has 0 bridgehead atoms. The largest absolute Gasteiger partial charge is 0.462 e. The molecule has 1 N–H and O–H groups in total. The molecule has 168 valence electrons. The maximum absolute atomic E-state index is 12.9. The summed E-state index contributed by atoms with van der Waals surface area (Å²) in [6.45, 7) is 10.3. The minimum absolute atomic E-state index is 0.0949. The van der Waals surface area contributed by atoms with Crippen LogP contribution in [-0.4, -0.2) is 35.4 Å². The highest BCUT2D eigenvalue weighted by Crippen LogP contribution is 2.45. The number of aliphatic hydroxyl groups is 1. The second-order valence-electron chi connectivity index (χ2n) is 10.3. The van der Waals surface area contributed by atoms with Gasteiger partial charge < -0.3 is 14.6 Å². The molecule has 1 aliphatic heterocycles. The smallest absolute Gasteiger partial charge is 0.311 e. The Kier molecular flexibility index (Phi) is 7.11. The molecule has 0 aromatic carbocycles. The van der Waals surface area contributed by atoms with Crippen LogP contribution in [0.1, 0.15) is 73.1 Å². The SMILES string of the molecule is CCC(C)(C)C(=O)O[C@H]1C[C@H](C)C=C2C=C[C@@H](C)[C@@H](CC[C@@H]3C[C@H](O)CC(=O)O3)[C@@H]21. The van der Waals surface area contributed by atoms with Crippen molar-refractivity contribution in [3.8, 4) is 0 Å². The molecule has 1 saturated heterocycles. The molecule has 5 heteroatoms. The van der Waals surface area contributed by atoms with E-state index >= 15 is 0 Å². The van der Waals surface area contributed by atoms with Crippen LogP contribution in [0.4, 0.5) is 0 Å². The van der Waals surface area contributed by atoms with E-state index in [2.05, 4.69) is 32.1 Å². The molecule has 0 aromatic rings. The highest BCUT2D eigenvalue weighted by Gasteiger charge is 2.43. The third kappa shape index (κ3) is 5.16. The van der Waals surface area contributed by atoms with Gasteiger partial charge in [-0.15, -0.1) is 0 Å². The number of carbonyl (C=O) groups excluding carboxylic acids is 2. The summed E-state index contributed by atoms with van der Waals surface area (Å²) in [5, 5.41) is 9.92. The van der Waals surface area contributed by atoms with Crippen molar-refractivity contribution in [2.45, 2.75) is 91.5 Å². The van der Waals surface area contributed by atoms with Crippen LogP contribution >= 0.6 is 0 Å². The number of esters is 2. The lowest BCUT2D eigenvalue weighted by Crippen LogP contribution is -2.43. The van der Waals surface area contributed by atoms with Crippen molar-refractivity contribution in [1.29, 1.82) is 0 Å². The monoisotopic (exact) mass is 418 g/mol. The standard InChI is InChI=1S/C25H38O5/c1-6-25(4,5)24(28)30-21-12-15(2)11-17-8-7-16(3)20(23(17)21)10-9-19-13-18(26)14-22(27)29-19/h7-8,11,15-16,18-21,23,26H,6,9-10,12-14H2,1-5H3/t15-,16-,18+,19-,20-,21+,23-/m1/s1. The van der Waals surface area contributed by atoms with Gasteiger partial charge in [-0.3, -0.25) is 9.59 Å². The fourth-order valence-electron chi connectivity index (χ4n) is 5.08. The minimum atomic E-state index is -0.601. The maximum Gasteiger partial charge on any atom is 0.311 e. The first-order chi connectivity index (χ1) is 14.1. The number of carbonyl (C=O) groups is 2. The summed E-state index contributed by atoms with van der Waals surface area (Å²) >= 11 is 0. The zero-order valence-corrected chi connectivity index (χ0v) is 19.1. The van der Waals surface area contributed by atoms with E-state index in [0.29, 0.717) is 24.2 Å². The second-order valence-corrected chi connectivity index (χ2v) is 10.3. The number of hydrogen-bond acceptors (Lipinski definition) is 5. The van der Waals surface area contributed by atoms with Gasteiger partial charge in [-0.2, -0.15) is 0 Å². The van der Waals surface area contributed by atoms with Crippen LogP contribution in [0, 0.1) is 29.1 Å². The number of fused-ring (bicyclic) bond motifs is 1. The molecule has 5 nitrogen and oxygen atoms in total. The summed E-state index contributed by atoms with van der Waals surface area (Å²) in [5.41, 5.74) is 0.785. The molecule has 2 aliphatic carbocycles. The van der Waals surface area contributed by atoms with Gasteiger partial charge in [-0.25, -0.2) is 0 Å². The molecular weight excluding hydrogens is 380 g/mol. The van der Waals surface area contributed by atoms with Crippen LogP contribution in [0.5, 0.6) is 0 Å². The lowest BCUT2D eigenvalue weighted by Gasteiger charge is -2.44. The minimum Gasteiger partial charge on any atom is -0.462 e. The van der Waals surface area contributed by atoms with Crippen molar-refractivity contribution in [1.82, 2.24) is 0 Å². The lowest BCUT2D eigenvalue weighted by atomic mass is 9.65. The van der Waals surface area contributed by atoms with E-state index in [9.17, 15) is 14.7 Å². The van der Waals surface area contributed by atoms with E-state index < -0.39 is 11.5 Å². The van der Waals surface area contributed by atoms with Gasteiger partial charge in [0.2, 0.25) is 0 Å². The van der Waals surface area contributed by atoms with Crippen LogP contribution in [0.25, 0.3) is 0 Å². The fraction of sp³-hybridized carbons (Fsp3) is 0.760. The van der Waals surface area contributed by atoms with Gasteiger partial charge in [0.15, 0.2) is 0 Å². The average Bonchev–Trinajstić information content (AvgIpc) is 2.66. The Morgan fingerprint density at radius 1 is 1.27 bits per heavy atom. The number of rotatable bonds is 6. The van der Waals surface area contributed by atoms with Crippen molar-refractivity contribution in [3.05, 3.63) is 23.8 Å². The zero-order chi connectivity index (χ0) is 22.1. The van der Waals surface area contributed by atoms with Gasteiger partial charge in [0.1, 0.15) is 12.2 Å². The topological polar surface area (TPSA) is 72.8 Å². The van der Waals surface area contributed by atoms with Crippen LogP contribution in [0.3, 0.4) is 0 Å². The van der Waals surface area contributed by atoms with Crippen molar-refractivity contribution >= 4 is 11.9 Å². The highest BCUT2D eigenvalue weighted by molar-refractivity contribution is 5.76. The van der Waals surface area contributed by atoms with Gasteiger partial charge in [0.25, 0.3) is 0 Å². The number of aliphatic hydroxyl groups excluding tert-OH is 1. The third-order valence-corrected chi connectivity index (χ3v) is 7.35. The van der Waals surface area contributed by atoms with Gasteiger partial charge >= 0.3 is 11.9 Å². The Morgan fingerprint density at radius 2 is 2.00 bits per heavy atom. The molecule has 3 aliphatic rings. The molecule has 0 aromatic heterocycles. The van der Waals surface area contributed by atoms with Crippen molar-refractivity contribution < 1.29 is 24.2 Å². The van der Waals surface area contributed by atoms with E-state index in [4.69, 9.17) is 9.47 Å². The molecule has 0 spiro atoms. The summed E-state index contributed by atoms with van der Waals surface area (Å²) in [6, 6.07) is 0. The molecule has 1 fully saturated rings. The summed E-state index contributed by atoms with van der Waals surface area (Å²) in [6.07, 6.45) is 9.61. The summed E-state index contributed by atoms with van der Waals surface area (Å²) < 4.78 is 11.6. The molecule has 1 heterocycles. The van der Waals surface area contributed by atoms with Crippen molar-refractivity contribution in [2.75, 3.05) is 0 Å². The summed E-state index contributed by atoms with van der Waals surface area (Å²) in [7, 11) is 0. The van der Waals surface area contributed by atoms with Crippen LogP contribution in [-0.2, 0) is 19.1 Å². The van der Waals surface area contributed by atoms with Gasteiger partial charge in [0.05, 0.1) is 17.9 Å². The van der Waals surface area contributed by atoms with Crippen LogP contribution < -0.4 is 0 Å². The number of ether oxygens (including phenoxy) is 2. The van der Waals surface area contributed by atoms with Crippen molar-refractivity contribution in [2.24, 2.45) is 29.1 Å². The quantitative estimate of drug-likeness (QED) is 0.639. The van der Waals surface area contributed by atoms with Crippen LogP contribution in [0.2, 0.25) is 0 Å². The van der Waals surface area contributed by atoms with Gasteiger partial charge in [-0.05, 0) is 62.9 Å². The molecule has 30 heavy (non-hydrogen) atoms. The Morgan fingerprint density at radius 3 is 2.67 bits per heavy atom. The van der Waals surface area contributed by atoms with E-state index in [0.717, 1.165) is 25.7 Å². The van der Waals surface area contributed by atoms with Crippen LogP contribution in [0.15, 0.2) is 23.8 Å². The Balaban J connectivity index is 1.76. The van der Waals surface area contributed by atoms with E-state index in [-0.39, 0.29) is 36.5 Å². The molecule has 0 radical (unpaired) electrons. The maximum atomic E-state index is 12.9. The Bertz CT molecular complexity index is 706. The summed E-state index contributed by atoms with van der Waals surface area (Å²) in [4.78, 5) is 24.6. The first kappa shape index (κ1) is 23.1. The second kappa shape index (κ2) is 9.25. The van der Waals surface area contributed by atoms with E-state index in [1.807, 2.05) is 20.8 Å². The van der Waals surface area contributed by atoms with E-state index in [1.54, 1.807) is 0 Å². The molecule has 7 atom stereocenters. The normalized spacial score (nSPS) is 36.5. The Labute approximate surface area is 180 Å². The predicted molar refractivity (Wildman–Crippen MR) is 115 cm³/mol. The number of allylic oxidation sites excluding steroid dienone is 3. The first-order valence-electron chi connectivity index (χ1n) is 11.6. The van der Waals surface area contributed by atoms with Gasteiger partial charge in [-0.1, -0.05) is 39.0 Å². The summed E-state index contributed by atoms with van der Waals surface area (Å²) in [5.74, 6) is 0.776. The average molecular weight is 419 g/mol. The molecule has 0 unspecified atom stereocenters. The molecule has 0 amide bonds. The highest BCUT2D eigenvalue weighted by atomic mass is 16.6. The lowest BCUT2D eigenvalue weighted by molar-refractivity contribution is -0.166. The first-order valence-corrected chi connectivity index (χ1v) is 11.6. The Hall–Kier alpha value is -1.62. The third-order valence-electron chi connectivity index (χ3n) is 7.35. The number of cyclic esters (lactones) is 1. The molecule has 0 saturated carbocycles.